The van der Waals surface area contributed by atoms with Crippen LogP contribution in [-0.4, -0.2) is 11.5 Å². The Morgan fingerprint density at radius 3 is 2.74 bits per heavy atom. The van der Waals surface area contributed by atoms with Gasteiger partial charge in [-0.2, -0.15) is 0 Å². The lowest BCUT2D eigenvalue weighted by Crippen LogP contribution is -2.15. The summed E-state index contributed by atoms with van der Waals surface area (Å²) in [6.45, 7) is 2.05. The molecule has 4 rings (SSSR count). The van der Waals surface area contributed by atoms with Crippen LogP contribution in [0.3, 0.4) is 0 Å². The van der Waals surface area contributed by atoms with E-state index in [0.717, 1.165) is 28.1 Å². The average molecular weight is 245 g/mol. The molecule has 2 aromatic carbocycles. The zero-order valence-corrected chi connectivity index (χ0v) is 10.5. The number of carbonyl (C=O) groups excluding carboxylic acids is 1. The molecular weight excluding hydrogens is 234 g/mol. The monoisotopic (exact) mass is 245 g/mol. The molecule has 0 fully saturated rings. The Bertz CT molecular complexity index is 797. The van der Waals surface area contributed by atoms with Gasteiger partial charge in [0.15, 0.2) is 5.78 Å². The van der Waals surface area contributed by atoms with Crippen LogP contribution in [0, 0.1) is 6.92 Å². The summed E-state index contributed by atoms with van der Waals surface area (Å²) in [6.07, 6.45) is 1.95. The van der Waals surface area contributed by atoms with Crippen molar-refractivity contribution in [2.75, 3.05) is 0 Å². The number of para-hydroxylation sites is 1. The first-order valence-electron chi connectivity index (χ1n) is 6.29. The van der Waals surface area contributed by atoms with Crippen molar-refractivity contribution in [3.63, 3.8) is 0 Å². The average Bonchev–Trinajstić information content (AvgIpc) is 2.78. The van der Waals surface area contributed by atoms with Crippen LogP contribution in [0.25, 0.3) is 6.08 Å². The highest BCUT2D eigenvalue weighted by molar-refractivity contribution is 6.41. The Balaban J connectivity index is 2.02. The number of ketones is 1. The van der Waals surface area contributed by atoms with E-state index < -0.39 is 0 Å². The van der Waals surface area contributed by atoms with Gasteiger partial charge in [0.25, 0.3) is 0 Å². The number of nitrogens with zero attached hydrogens (tertiary/aromatic N) is 1. The van der Waals surface area contributed by atoms with E-state index in [1.165, 1.54) is 5.56 Å². The number of fused-ring (bicyclic) bond motifs is 4. The Morgan fingerprint density at radius 1 is 1.00 bits per heavy atom. The molecule has 0 aromatic heterocycles. The smallest absolute Gasteiger partial charge is 0.197 e. The van der Waals surface area contributed by atoms with Gasteiger partial charge in [0.05, 0.1) is 11.4 Å². The van der Waals surface area contributed by atoms with Gasteiger partial charge >= 0.3 is 0 Å². The molecule has 19 heavy (non-hydrogen) atoms. The van der Waals surface area contributed by atoms with E-state index in [9.17, 15) is 4.79 Å². The number of hydrogen-bond acceptors (Lipinski definition) is 2. The molecule has 0 radical (unpaired) electrons. The maximum Gasteiger partial charge on any atom is 0.197 e. The van der Waals surface area contributed by atoms with E-state index in [1.54, 1.807) is 0 Å². The van der Waals surface area contributed by atoms with Crippen molar-refractivity contribution in [2.24, 2.45) is 4.99 Å². The SMILES string of the molecule is Cc1ccc2c(c1)C1=Nc3ccccc3C(=O)C1=C2. The normalized spacial score (nSPS) is 15.3. The van der Waals surface area contributed by atoms with Crippen LogP contribution in [0.1, 0.15) is 27.0 Å². The lowest BCUT2D eigenvalue weighted by Gasteiger charge is -2.14. The van der Waals surface area contributed by atoms with E-state index in [1.807, 2.05) is 30.3 Å². The lowest BCUT2D eigenvalue weighted by atomic mass is 9.95. The fourth-order valence-electron chi connectivity index (χ4n) is 2.69. The number of rotatable bonds is 0. The van der Waals surface area contributed by atoms with Crippen LogP contribution >= 0.6 is 0 Å². The number of Topliss-reactive ketones (excluding diaryl/α,β-unsaturated/α-hetero) is 1. The molecule has 2 heteroatoms. The van der Waals surface area contributed by atoms with E-state index in [-0.39, 0.29) is 5.78 Å². The molecule has 90 valence electrons. The van der Waals surface area contributed by atoms with Gasteiger partial charge < -0.3 is 0 Å². The fraction of sp³-hybridized carbons (Fsp3) is 0.0588. The highest BCUT2D eigenvalue weighted by atomic mass is 16.1. The number of aliphatic imine (C=N–C) groups is 1. The van der Waals surface area contributed by atoms with Crippen LogP contribution in [0.2, 0.25) is 0 Å². The Kier molecular flexibility index (Phi) is 1.93. The highest BCUT2D eigenvalue weighted by Gasteiger charge is 2.31. The van der Waals surface area contributed by atoms with Gasteiger partial charge in [0.1, 0.15) is 0 Å². The maximum absolute atomic E-state index is 12.5. The number of benzene rings is 2. The molecule has 2 aliphatic rings. The van der Waals surface area contributed by atoms with Gasteiger partial charge in [-0.15, -0.1) is 0 Å². The van der Waals surface area contributed by atoms with Crippen molar-refractivity contribution in [3.8, 4) is 0 Å². The van der Waals surface area contributed by atoms with Crippen molar-refractivity contribution < 1.29 is 4.79 Å². The summed E-state index contributed by atoms with van der Waals surface area (Å²) in [5, 5.41) is 0. The molecule has 1 aliphatic heterocycles. The van der Waals surface area contributed by atoms with Crippen molar-refractivity contribution in [1.82, 2.24) is 0 Å². The molecule has 0 saturated carbocycles. The third-order valence-corrected chi connectivity index (χ3v) is 3.64. The molecule has 2 nitrogen and oxygen atoms in total. The quantitative estimate of drug-likeness (QED) is 0.695. The van der Waals surface area contributed by atoms with Gasteiger partial charge in [-0.25, -0.2) is 4.99 Å². The molecule has 1 aliphatic carbocycles. The van der Waals surface area contributed by atoms with Crippen LogP contribution in [0.15, 0.2) is 53.0 Å². The van der Waals surface area contributed by atoms with Gasteiger partial charge in [0.2, 0.25) is 0 Å². The largest absolute Gasteiger partial charge is 0.288 e. The molecule has 1 heterocycles. The van der Waals surface area contributed by atoms with Crippen molar-refractivity contribution in [3.05, 3.63) is 70.3 Å². The number of hydrogen-bond donors (Lipinski definition) is 0. The van der Waals surface area contributed by atoms with Crippen molar-refractivity contribution >= 4 is 23.3 Å². The molecule has 0 spiro atoms. The minimum atomic E-state index is 0.0782. The van der Waals surface area contributed by atoms with Gasteiger partial charge in [-0.1, -0.05) is 29.8 Å². The van der Waals surface area contributed by atoms with Crippen LogP contribution in [-0.2, 0) is 0 Å². The minimum Gasteiger partial charge on any atom is -0.288 e. The second-order valence-electron chi connectivity index (χ2n) is 4.96. The fourth-order valence-corrected chi connectivity index (χ4v) is 2.69. The zero-order chi connectivity index (χ0) is 13.0. The second kappa shape index (κ2) is 3.51. The zero-order valence-electron chi connectivity index (χ0n) is 10.5. The predicted octanol–water partition coefficient (Wildman–Crippen LogP) is 3.71. The van der Waals surface area contributed by atoms with E-state index in [0.29, 0.717) is 5.56 Å². The first-order valence-corrected chi connectivity index (χ1v) is 6.29. The summed E-state index contributed by atoms with van der Waals surface area (Å²) in [4.78, 5) is 17.2. The van der Waals surface area contributed by atoms with E-state index in [2.05, 4.69) is 30.1 Å². The van der Waals surface area contributed by atoms with Crippen molar-refractivity contribution in [1.29, 1.82) is 0 Å². The second-order valence-corrected chi connectivity index (χ2v) is 4.96. The van der Waals surface area contributed by atoms with Crippen LogP contribution < -0.4 is 0 Å². The van der Waals surface area contributed by atoms with Crippen molar-refractivity contribution in [2.45, 2.75) is 6.92 Å². The summed E-state index contributed by atoms with van der Waals surface area (Å²) in [7, 11) is 0. The molecule has 0 saturated heterocycles. The summed E-state index contributed by atoms with van der Waals surface area (Å²) in [6, 6.07) is 13.7. The Morgan fingerprint density at radius 2 is 1.84 bits per heavy atom. The number of aryl methyl sites for hydroxylation is 1. The predicted molar refractivity (Wildman–Crippen MR) is 76.1 cm³/mol. The molecule has 0 N–H and O–H groups in total. The molecule has 0 bridgehead atoms. The summed E-state index contributed by atoms with van der Waals surface area (Å²) >= 11 is 0. The molecule has 2 aromatic rings. The minimum absolute atomic E-state index is 0.0782. The third-order valence-electron chi connectivity index (χ3n) is 3.64. The molecule has 0 amide bonds. The van der Waals surface area contributed by atoms with Gasteiger partial charge in [-0.05, 0) is 36.8 Å². The summed E-state index contributed by atoms with van der Waals surface area (Å²) < 4.78 is 0. The standard InChI is InChI=1S/C17H11NO/c1-10-6-7-11-9-14-16(13(11)8-10)18-15-5-3-2-4-12(15)17(14)19/h2-9H,1H3. The maximum atomic E-state index is 12.5. The Hall–Kier alpha value is -2.48. The van der Waals surface area contributed by atoms with E-state index in [4.69, 9.17) is 0 Å². The molecule has 0 atom stereocenters. The highest BCUT2D eigenvalue weighted by Crippen LogP contribution is 2.36. The van der Waals surface area contributed by atoms with Gasteiger partial charge in [0, 0.05) is 16.7 Å². The van der Waals surface area contributed by atoms with Crippen LogP contribution in [0.5, 0.6) is 0 Å². The molecule has 0 unspecified atom stereocenters. The van der Waals surface area contributed by atoms with E-state index >= 15 is 0 Å². The van der Waals surface area contributed by atoms with Gasteiger partial charge in [-0.3, -0.25) is 4.79 Å². The third kappa shape index (κ3) is 1.37. The first kappa shape index (κ1) is 10.4. The molecular formula is C17H11NO. The topological polar surface area (TPSA) is 29.4 Å². The summed E-state index contributed by atoms with van der Waals surface area (Å²) in [5.41, 5.74) is 6.35. The Labute approximate surface area is 111 Å². The van der Waals surface area contributed by atoms with Crippen LogP contribution in [0.4, 0.5) is 5.69 Å². The lowest BCUT2D eigenvalue weighted by molar-refractivity contribution is 0.104. The summed E-state index contributed by atoms with van der Waals surface area (Å²) in [5.74, 6) is 0.0782. The number of carbonyl (C=O) groups is 1. The number of allylic oxidation sites excluding steroid dienone is 1. The first-order chi connectivity index (χ1) is 9.24.